The number of carbonyl (C=O) groups excluding carboxylic acids is 4. The molecule has 1 unspecified atom stereocenters. The Labute approximate surface area is 477 Å². The number of esters is 3. The summed E-state index contributed by atoms with van der Waals surface area (Å²) in [6.07, 6.45) is 7.14. The van der Waals surface area contributed by atoms with Gasteiger partial charge in [0.15, 0.2) is 34.7 Å². The van der Waals surface area contributed by atoms with Crippen LogP contribution in [-0.4, -0.2) is 75.6 Å². The normalized spacial score (nSPS) is 17.0. The van der Waals surface area contributed by atoms with Gasteiger partial charge in [0.1, 0.15) is 24.5 Å². The number of nitrogens with zero attached hydrogens (tertiary/aromatic N) is 5. The van der Waals surface area contributed by atoms with Gasteiger partial charge in [-0.25, -0.2) is 64.3 Å². The van der Waals surface area contributed by atoms with E-state index in [4.69, 9.17) is 30.5 Å². The molecule has 0 saturated heterocycles. The minimum absolute atomic E-state index is 0.0168. The molecule has 4 aromatic carbocycles. The largest absolute Gasteiger partial charge is 0.461 e. The summed E-state index contributed by atoms with van der Waals surface area (Å²) in [6.45, 7) is 5.33. The molecule has 432 valence electrons. The third-order valence-electron chi connectivity index (χ3n) is 14.2. The predicted molar refractivity (Wildman–Crippen MR) is 295 cm³/mol. The van der Waals surface area contributed by atoms with Crippen LogP contribution in [0.3, 0.4) is 0 Å². The number of hydrogen-bond donors (Lipinski definition) is 1. The van der Waals surface area contributed by atoms with Crippen LogP contribution in [0.15, 0.2) is 108 Å². The highest BCUT2D eigenvalue weighted by Crippen LogP contribution is 2.38. The first-order valence-electron chi connectivity index (χ1n) is 27.0. The van der Waals surface area contributed by atoms with E-state index < -0.39 is 68.2 Å². The number of fused-ring (bicyclic) bond motifs is 1. The molecule has 3 heterocycles. The van der Waals surface area contributed by atoms with Crippen molar-refractivity contribution in [1.29, 1.82) is 0 Å². The van der Waals surface area contributed by atoms with Crippen molar-refractivity contribution < 1.29 is 64.1 Å². The second-order valence-corrected chi connectivity index (χ2v) is 22.4. The smallest absolute Gasteiger partial charge is 0.407 e. The topological polar surface area (TPSA) is 208 Å². The monoisotopic (exact) mass is 1170 g/mol. The first-order chi connectivity index (χ1) is 39.4. The standard InChI is InChI=1S/C38H36F3N3O6S.C22H25ClFN3O4/c1-3-49-38(46)35-34(41)32(17-25-10-7-11-26(16-25)18-33(45)50-22-24-8-5-4-6-9-24)42-37(43-35)30-21-44(36-29(30)19-27(39)20-31(36)40)51(47,48)28-14-12-23(2)13-15-28;1-2-30-20(28)19-18(24)17(26-21(23)27-19)12-15-9-6-10-16(11-15)25-22(29)31-13-14-7-4-3-5-8-14/h4-6,8-9,12-15,19-21,25-26H,3,7,10-11,16-18,22H2,1-2H3;3-5,7-8,15-16H,2,6,9-13H2,1H3,(H,25,29)/t25-,26+;15?,16-/m11/s1. The molecule has 0 spiro atoms. The van der Waals surface area contributed by atoms with E-state index in [0.29, 0.717) is 29.3 Å². The Balaban J connectivity index is 0.000000243. The van der Waals surface area contributed by atoms with Gasteiger partial charge in [-0.05, 0) is 124 Å². The number of aryl methyl sites for hydroxylation is 1. The fourth-order valence-electron chi connectivity index (χ4n) is 10.3. The van der Waals surface area contributed by atoms with Gasteiger partial charge in [-0.1, -0.05) is 97.6 Å². The Morgan fingerprint density at radius 3 is 1.85 bits per heavy atom. The molecule has 22 heteroatoms. The number of carbonyl (C=O) groups is 4. The Kier molecular flexibility index (Phi) is 20.4. The number of amides is 1. The summed E-state index contributed by atoms with van der Waals surface area (Å²) in [4.78, 5) is 65.8. The van der Waals surface area contributed by atoms with E-state index in [1.807, 2.05) is 60.7 Å². The van der Waals surface area contributed by atoms with E-state index in [-0.39, 0.29) is 114 Å². The molecule has 4 atom stereocenters. The highest BCUT2D eigenvalue weighted by molar-refractivity contribution is 7.90. The second-order valence-electron chi connectivity index (χ2n) is 20.2. The number of hydrogen-bond acceptors (Lipinski definition) is 14. The van der Waals surface area contributed by atoms with E-state index >= 15 is 8.78 Å². The van der Waals surface area contributed by atoms with E-state index in [0.717, 1.165) is 61.1 Å². The maximum absolute atomic E-state index is 16.0. The highest BCUT2D eigenvalue weighted by atomic mass is 35.5. The van der Waals surface area contributed by atoms with Crippen molar-refractivity contribution in [3.63, 3.8) is 0 Å². The number of ether oxygens (including phenoxy) is 4. The van der Waals surface area contributed by atoms with E-state index in [9.17, 15) is 36.4 Å². The van der Waals surface area contributed by atoms with Crippen molar-refractivity contribution in [2.24, 2.45) is 17.8 Å². The van der Waals surface area contributed by atoms with Crippen LogP contribution >= 0.6 is 11.6 Å². The molecule has 2 saturated carbocycles. The van der Waals surface area contributed by atoms with Crippen LogP contribution in [0.1, 0.15) is 121 Å². The predicted octanol–water partition coefficient (Wildman–Crippen LogP) is 12.2. The van der Waals surface area contributed by atoms with E-state index in [2.05, 4.69) is 25.3 Å². The van der Waals surface area contributed by atoms with Gasteiger partial charge < -0.3 is 24.3 Å². The van der Waals surface area contributed by atoms with Gasteiger partial charge in [-0.2, -0.15) is 0 Å². The van der Waals surface area contributed by atoms with Gasteiger partial charge >= 0.3 is 24.0 Å². The number of halogens is 5. The summed E-state index contributed by atoms with van der Waals surface area (Å²) < 4.78 is 110. The molecule has 2 aliphatic rings. The fourth-order valence-corrected chi connectivity index (χ4v) is 11.9. The number of benzene rings is 4. The summed E-state index contributed by atoms with van der Waals surface area (Å²) >= 11 is 5.90. The zero-order valence-corrected chi connectivity index (χ0v) is 46.9. The van der Waals surface area contributed by atoms with Crippen LogP contribution in [0, 0.1) is 47.9 Å². The summed E-state index contributed by atoms with van der Waals surface area (Å²) in [5, 5.41) is 2.50. The molecule has 7 aromatic rings. The highest BCUT2D eigenvalue weighted by Gasteiger charge is 2.32. The van der Waals surface area contributed by atoms with E-state index in [1.54, 1.807) is 32.9 Å². The molecule has 9 rings (SSSR count). The molecule has 3 aromatic heterocycles. The lowest BCUT2D eigenvalue weighted by Gasteiger charge is -2.29. The van der Waals surface area contributed by atoms with Gasteiger partial charge in [-0.15, -0.1) is 0 Å². The Hall–Kier alpha value is -7.78. The number of nitrogens with one attached hydrogen (secondary N) is 1. The summed E-state index contributed by atoms with van der Waals surface area (Å²) in [6, 6.07) is 26.1. The zero-order valence-electron chi connectivity index (χ0n) is 45.3. The van der Waals surface area contributed by atoms with Crippen LogP contribution in [0.4, 0.5) is 22.4 Å². The third-order valence-corrected chi connectivity index (χ3v) is 16.1. The molecular formula is C60H61ClF4N6O10S. The maximum atomic E-state index is 16.0. The molecule has 16 nitrogen and oxygen atoms in total. The first kappa shape index (κ1) is 60.3. The van der Waals surface area contributed by atoms with Crippen LogP contribution in [0.2, 0.25) is 5.28 Å². The minimum atomic E-state index is -4.42. The fraction of sp³-hybridized carbons (Fsp3) is 0.367. The number of rotatable bonds is 18. The van der Waals surface area contributed by atoms with Crippen LogP contribution in [0.5, 0.6) is 0 Å². The lowest BCUT2D eigenvalue weighted by molar-refractivity contribution is -0.146. The molecule has 0 aliphatic heterocycles. The Bertz CT molecular complexity index is 3530. The molecule has 0 radical (unpaired) electrons. The van der Waals surface area contributed by atoms with E-state index in [1.165, 1.54) is 12.1 Å². The van der Waals surface area contributed by atoms with Crippen molar-refractivity contribution in [1.82, 2.24) is 29.2 Å². The van der Waals surface area contributed by atoms with Gasteiger partial charge in [0, 0.05) is 35.7 Å². The van der Waals surface area contributed by atoms with Gasteiger partial charge in [0.2, 0.25) is 5.28 Å². The minimum Gasteiger partial charge on any atom is -0.461 e. The van der Waals surface area contributed by atoms with Crippen molar-refractivity contribution in [3.8, 4) is 11.4 Å². The second kappa shape index (κ2) is 27.8. The summed E-state index contributed by atoms with van der Waals surface area (Å²) in [5.74, 6) is -6.61. The quantitative estimate of drug-likeness (QED) is 0.0367. The molecule has 1 N–H and O–H groups in total. The van der Waals surface area contributed by atoms with Gasteiger partial charge in [0.05, 0.1) is 29.5 Å². The third kappa shape index (κ3) is 15.4. The molecule has 1 amide bonds. The van der Waals surface area contributed by atoms with Crippen molar-refractivity contribution in [3.05, 3.63) is 171 Å². The molecule has 0 bridgehead atoms. The van der Waals surface area contributed by atoms with Crippen LogP contribution < -0.4 is 5.32 Å². The van der Waals surface area contributed by atoms with Crippen molar-refractivity contribution in [2.45, 2.75) is 116 Å². The maximum Gasteiger partial charge on any atom is 0.407 e. The van der Waals surface area contributed by atoms with Gasteiger partial charge in [-0.3, -0.25) is 4.79 Å². The Morgan fingerprint density at radius 1 is 0.671 bits per heavy atom. The van der Waals surface area contributed by atoms with Crippen molar-refractivity contribution >= 4 is 56.5 Å². The van der Waals surface area contributed by atoms with Gasteiger partial charge in [0.25, 0.3) is 10.0 Å². The average molecular weight is 1170 g/mol. The molecular weight excluding hydrogens is 1110 g/mol. The lowest BCUT2D eigenvalue weighted by atomic mass is 9.78. The van der Waals surface area contributed by atoms with Crippen molar-refractivity contribution in [2.75, 3.05) is 13.2 Å². The summed E-state index contributed by atoms with van der Waals surface area (Å²) in [7, 11) is -4.42. The molecule has 2 aliphatic carbocycles. The first-order valence-corrected chi connectivity index (χ1v) is 28.8. The summed E-state index contributed by atoms with van der Waals surface area (Å²) in [5.41, 5.74) is 0.793. The average Bonchev–Trinajstić information content (AvgIpc) is 3.89. The SMILES string of the molecule is CCOC(=O)c1nc(-c2cn(S(=O)(=O)c3ccc(C)cc3)c3c(F)cc(F)cc23)nc(C[C@@H]2CCC[C@H](CC(=O)OCc3ccccc3)C2)c1F.CCOC(=O)c1nc(Cl)nc(CC2CCC[C@@H](NC(=O)OCc3ccccc3)C2)c1F. The molecule has 2 fully saturated rings. The molecule has 82 heavy (non-hydrogen) atoms. The number of alkyl carbamates (subject to hydrolysis) is 1. The number of aromatic nitrogens is 5. The van der Waals surface area contributed by atoms with Crippen LogP contribution in [-0.2, 0) is 59.8 Å². The lowest BCUT2D eigenvalue weighted by Crippen LogP contribution is -2.39. The zero-order chi connectivity index (χ0) is 58.5. The van der Waals surface area contributed by atoms with Crippen LogP contribution in [0.25, 0.3) is 22.3 Å². The Morgan fingerprint density at radius 2 is 1.23 bits per heavy atom.